The minimum absolute atomic E-state index is 0.567. The van der Waals surface area contributed by atoms with Gasteiger partial charge in [-0.2, -0.15) is 4.68 Å². The normalized spacial score (nSPS) is 10.7. The molecule has 0 bridgehead atoms. The largest absolute Gasteiger partial charge is 0.398 e. The van der Waals surface area contributed by atoms with E-state index in [1.807, 2.05) is 30.3 Å². The first kappa shape index (κ1) is 13.1. The van der Waals surface area contributed by atoms with Crippen LogP contribution in [-0.4, -0.2) is 20.2 Å². The van der Waals surface area contributed by atoms with Crippen molar-refractivity contribution in [2.45, 2.75) is 0 Å². The number of hydrogen-bond donors (Lipinski definition) is 1. The highest BCUT2D eigenvalue weighted by Crippen LogP contribution is 2.32. The van der Waals surface area contributed by atoms with Gasteiger partial charge in [0.05, 0.1) is 15.2 Å². The minimum atomic E-state index is 0.567. The number of para-hydroxylation sites is 1. The predicted octanol–water partition coefficient (Wildman–Crippen LogP) is 3.33. The fraction of sp³-hybridized carbons (Fsp3) is 0. The fourth-order valence-corrected chi connectivity index (χ4v) is 2.52. The SMILES string of the molecule is Nc1cccc(-c2nnnn2-c2ccccc2Cl)c1Br. The Balaban J connectivity index is 2.21. The van der Waals surface area contributed by atoms with Crippen molar-refractivity contribution < 1.29 is 0 Å². The van der Waals surface area contributed by atoms with Crippen LogP contribution in [0.2, 0.25) is 5.02 Å². The van der Waals surface area contributed by atoms with Crippen molar-refractivity contribution in [3.8, 4) is 17.1 Å². The van der Waals surface area contributed by atoms with Gasteiger partial charge in [-0.3, -0.25) is 0 Å². The Hall–Kier alpha value is -1.92. The molecule has 2 aromatic carbocycles. The van der Waals surface area contributed by atoms with E-state index in [9.17, 15) is 0 Å². The van der Waals surface area contributed by atoms with Crippen molar-refractivity contribution in [1.82, 2.24) is 20.2 Å². The number of rotatable bonds is 2. The van der Waals surface area contributed by atoms with Gasteiger partial charge in [0.15, 0.2) is 5.82 Å². The third-order valence-corrected chi connectivity index (χ3v) is 4.02. The minimum Gasteiger partial charge on any atom is -0.398 e. The molecule has 3 aromatic rings. The van der Waals surface area contributed by atoms with Gasteiger partial charge in [0.25, 0.3) is 0 Å². The summed E-state index contributed by atoms with van der Waals surface area (Å²) in [5.74, 6) is 0.567. The van der Waals surface area contributed by atoms with Gasteiger partial charge in [0.2, 0.25) is 0 Å². The highest BCUT2D eigenvalue weighted by molar-refractivity contribution is 9.10. The zero-order valence-corrected chi connectivity index (χ0v) is 12.5. The summed E-state index contributed by atoms with van der Waals surface area (Å²) in [6.07, 6.45) is 0. The number of nitrogens with zero attached hydrogens (tertiary/aromatic N) is 4. The van der Waals surface area contributed by atoms with Gasteiger partial charge in [-0.15, -0.1) is 5.10 Å². The second-order valence-electron chi connectivity index (χ2n) is 4.07. The van der Waals surface area contributed by atoms with Gasteiger partial charge < -0.3 is 5.73 Å². The first-order valence-electron chi connectivity index (χ1n) is 5.76. The summed E-state index contributed by atoms with van der Waals surface area (Å²) in [7, 11) is 0. The number of hydrogen-bond acceptors (Lipinski definition) is 4. The summed E-state index contributed by atoms with van der Waals surface area (Å²) >= 11 is 9.65. The molecule has 1 heterocycles. The summed E-state index contributed by atoms with van der Waals surface area (Å²) < 4.78 is 2.34. The first-order chi connectivity index (χ1) is 9.68. The van der Waals surface area contributed by atoms with E-state index in [1.54, 1.807) is 16.8 Å². The van der Waals surface area contributed by atoms with Gasteiger partial charge in [-0.05, 0) is 50.6 Å². The molecule has 20 heavy (non-hydrogen) atoms. The maximum atomic E-state index is 6.19. The summed E-state index contributed by atoms with van der Waals surface area (Å²) in [5.41, 5.74) is 8.03. The zero-order chi connectivity index (χ0) is 14.1. The van der Waals surface area contributed by atoms with Crippen LogP contribution in [-0.2, 0) is 0 Å². The molecular formula is C13H9BrClN5. The molecule has 3 rings (SSSR count). The lowest BCUT2D eigenvalue weighted by atomic mass is 10.2. The second kappa shape index (κ2) is 5.22. The zero-order valence-electron chi connectivity index (χ0n) is 10.2. The molecule has 0 spiro atoms. The average molecular weight is 351 g/mol. The van der Waals surface area contributed by atoms with Crippen molar-refractivity contribution in [3.05, 3.63) is 52.0 Å². The summed E-state index contributed by atoms with van der Waals surface area (Å²) in [4.78, 5) is 0. The highest BCUT2D eigenvalue weighted by atomic mass is 79.9. The van der Waals surface area contributed by atoms with Gasteiger partial charge in [0.1, 0.15) is 0 Å². The van der Waals surface area contributed by atoms with Crippen molar-refractivity contribution in [2.24, 2.45) is 0 Å². The van der Waals surface area contributed by atoms with E-state index < -0.39 is 0 Å². The Morgan fingerprint density at radius 2 is 1.90 bits per heavy atom. The number of anilines is 1. The average Bonchev–Trinajstić information content (AvgIpc) is 2.91. The molecule has 0 aliphatic heterocycles. The van der Waals surface area contributed by atoms with Crippen molar-refractivity contribution in [1.29, 1.82) is 0 Å². The third kappa shape index (κ3) is 2.17. The molecule has 0 saturated carbocycles. The Labute approximate surface area is 128 Å². The second-order valence-corrected chi connectivity index (χ2v) is 5.27. The van der Waals surface area contributed by atoms with E-state index in [-0.39, 0.29) is 0 Å². The summed E-state index contributed by atoms with van der Waals surface area (Å²) in [6, 6.07) is 12.9. The lowest BCUT2D eigenvalue weighted by Crippen LogP contribution is -2.01. The molecule has 0 unspecified atom stereocenters. The molecule has 5 nitrogen and oxygen atoms in total. The highest BCUT2D eigenvalue weighted by Gasteiger charge is 2.16. The molecule has 1 aromatic heterocycles. The van der Waals surface area contributed by atoms with Crippen LogP contribution in [0.5, 0.6) is 0 Å². The molecule has 2 N–H and O–H groups in total. The molecular weight excluding hydrogens is 342 g/mol. The van der Waals surface area contributed by atoms with Gasteiger partial charge >= 0.3 is 0 Å². The molecule has 0 radical (unpaired) electrons. The lowest BCUT2D eigenvalue weighted by Gasteiger charge is -2.08. The number of aromatic nitrogens is 4. The van der Waals surface area contributed by atoms with Crippen LogP contribution in [0.1, 0.15) is 0 Å². The maximum Gasteiger partial charge on any atom is 0.188 e. The Morgan fingerprint density at radius 3 is 2.70 bits per heavy atom. The van der Waals surface area contributed by atoms with E-state index in [0.717, 1.165) is 10.0 Å². The van der Waals surface area contributed by atoms with E-state index in [2.05, 4.69) is 31.5 Å². The standard InChI is InChI=1S/C13H9BrClN5/c14-12-8(4-3-6-10(12)16)13-17-18-19-20(13)11-7-2-1-5-9(11)15/h1-7H,16H2. The van der Waals surface area contributed by atoms with E-state index in [4.69, 9.17) is 17.3 Å². The Bertz CT molecular complexity index is 771. The summed E-state index contributed by atoms with van der Waals surface area (Å²) in [5, 5.41) is 12.4. The first-order valence-corrected chi connectivity index (χ1v) is 6.93. The molecule has 7 heteroatoms. The van der Waals surface area contributed by atoms with Crippen molar-refractivity contribution in [3.63, 3.8) is 0 Å². The summed E-state index contributed by atoms with van der Waals surface area (Å²) in [6.45, 7) is 0. The van der Waals surface area contributed by atoms with E-state index in [0.29, 0.717) is 22.2 Å². The van der Waals surface area contributed by atoms with Crippen molar-refractivity contribution >= 4 is 33.2 Å². The van der Waals surface area contributed by atoms with Crippen LogP contribution in [0, 0.1) is 0 Å². The van der Waals surface area contributed by atoms with Crippen LogP contribution in [0.4, 0.5) is 5.69 Å². The lowest BCUT2D eigenvalue weighted by molar-refractivity contribution is 0.791. The number of nitrogens with two attached hydrogens (primary N) is 1. The Kier molecular flexibility index (Phi) is 3.42. The molecule has 0 aliphatic rings. The smallest absolute Gasteiger partial charge is 0.188 e. The molecule has 0 fully saturated rings. The van der Waals surface area contributed by atoms with Crippen LogP contribution < -0.4 is 5.73 Å². The number of halogens is 2. The van der Waals surface area contributed by atoms with Crippen LogP contribution in [0.3, 0.4) is 0 Å². The fourth-order valence-electron chi connectivity index (χ4n) is 1.86. The van der Waals surface area contributed by atoms with Gasteiger partial charge in [-0.1, -0.05) is 29.8 Å². The number of nitrogen functional groups attached to an aromatic ring is 1. The van der Waals surface area contributed by atoms with Crippen LogP contribution in [0.15, 0.2) is 46.9 Å². The van der Waals surface area contributed by atoms with Crippen molar-refractivity contribution in [2.75, 3.05) is 5.73 Å². The quantitative estimate of drug-likeness (QED) is 0.720. The Morgan fingerprint density at radius 1 is 1.10 bits per heavy atom. The van der Waals surface area contributed by atoms with Crippen LogP contribution in [0.25, 0.3) is 17.1 Å². The third-order valence-electron chi connectivity index (χ3n) is 2.82. The van der Waals surface area contributed by atoms with Gasteiger partial charge in [0, 0.05) is 11.3 Å². The topological polar surface area (TPSA) is 69.6 Å². The number of benzene rings is 2. The molecule has 100 valence electrons. The molecule has 0 amide bonds. The van der Waals surface area contributed by atoms with Crippen LogP contribution >= 0.6 is 27.5 Å². The maximum absolute atomic E-state index is 6.19. The molecule has 0 atom stereocenters. The van der Waals surface area contributed by atoms with E-state index in [1.165, 1.54) is 0 Å². The van der Waals surface area contributed by atoms with Gasteiger partial charge in [-0.25, -0.2) is 0 Å². The molecule has 0 aliphatic carbocycles. The number of tetrazole rings is 1. The predicted molar refractivity (Wildman–Crippen MR) is 81.7 cm³/mol. The monoisotopic (exact) mass is 349 g/mol. The molecule has 0 saturated heterocycles. The van der Waals surface area contributed by atoms with E-state index >= 15 is 0 Å².